The van der Waals surface area contributed by atoms with E-state index in [2.05, 4.69) is 26.2 Å². The highest BCUT2D eigenvalue weighted by Crippen LogP contribution is 2.20. The molecule has 3 N–H and O–H groups in total. The van der Waals surface area contributed by atoms with E-state index < -0.39 is 0 Å². The molecule has 0 radical (unpaired) electrons. The van der Waals surface area contributed by atoms with Crippen LogP contribution in [-0.2, 0) is 6.54 Å². The predicted molar refractivity (Wildman–Crippen MR) is 78.1 cm³/mol. The van der Waals surface area contributed by atoms with E-state index in [4.69, 9.17) is 5.73 Å². The van der Waals surface area contributed by atoms with E-state index in [1.54, 1.807) is 17.1 Å². The third-order valence-corrected chi connectivity index (χ3v) is 3.54. The van der Waals surface area contributed by atoms with Crippen LogP contribution in [0.25, 0.3) is 0 Å². The zero-order valence-electron chi connectivity index (χ0n) is 10.6. The number of nitrogens with two attached hydrogens (primary N) is 1. The summed E-state index contributed by atoms with van der Waals surface area (Å²) in [4.78, 5) is 16.0. The van der Waals surface area contributed by atoms with Gasteiger partial charge in [-0.25, -0.2) is 4.98 Å². The first-order valence-electron chi connectivity index (χ1n) is 5.89. The summed E-state index contributed by atoms with van der Waals surface area (Å²) in [7, 11) is 0. The second-order valence-corrected chi connectivity index (χ2v) is 5.06. The second kappa shape index (κ2) is 5.99. The predicted octanol–water partition coefficient (Wildman–Crippen LogP) is 2.17. The molecule has 19 heavy (non-hydrogen) atoms. The first-order valence-corrected chi connectivity index (χ1v) is 6.69. The molecule has 6 heteroatoms. The summed E-state index contributed by atoms with van der Waals surface area (Å²) < 4.78 is 2.75. The van der Waals surface area contributed by atoms with E-state index in [0.717, 1.165) is 15.7 Å². The second-order valence-electron chi connectivity index (χ2n) is 4.20. The lowest BCUT2D eigenvalue weighted by Crippen LogP contribution is -2.13. The molecule has 0 saturated heterocycles. The summed E-state index contributed by atoms with van der Waals surface area (Å²) >= 11 is 3.43. The van der Waals surface area contributed by atoms with E-state index in [9.17, 15) is 4.79 Å². The molecule has 2 aromatic rings. The van der Waals surface area contributed by atoms with Crippen LogP contribution in [0.3, 0.4) is 0 Å². The van der Waals surface area contributed by atoms with E-state index in [-0.39, 0.29) is 5.91 Å². The van der Waals surface area contributed by atoms with Crippen molar-refractivity contribution in [1.82, 2.24) is 9.55 Å². The number of hydrogen-bond donors (Lipinski definition) is 2. The van der Waals surface area contributed by atoms with Crippen molar-refractivity contribution in [2.45, 2.75) is 13.5 Å². The van der Waals surface area contributed by atoms with Crippen molar-refractivity contribution in [3.8, 4) is 0 Å². The zero-order valence-corrected chi connectivity index (χ0v) is 12.1. The van der Waals surface area contributed by atoms with E-state index in [1.807, 2.05) is 25.1 Å². The number of nitrogens with one attached hydrogen (secondary N) is 1. The molecular weight excluding hydrogens is 308 g/mol. The first kappa shape index (κ1) is 13.8. The van der Waals surface area contributed by atoms with Crippen LogP contribution in [0.4, 0.5) is 5.69 Å². The van der Waals surface area contributed by atoms with Gasteiger partial charge in [-0.2, -0.15) is 0 Å². The fourth-order valence-electron chi connectivity index (χ4n) is 1.61. The SMILES string of the molecule is Cc1ccc(NC(=O)c2cn(CCN)cn2)cc1Br. The first-order chi connectivity index (χ1) is 9.10. The summed E-state index contributed by atoms with van der Waals surface area (Å²) in [5, 5.41) is 2.81. The Labute approximate surface area is 120 Å². The molecule has 5 nitrogen and oxygen atoms in total. The van der Waals surface area contributed by atoms with Gasteiger partial charge in [-0.05, 0) is 24.6 Å². The highest BCUT2D eigenvalue weighted by atomic mass is 79.9. The molecule has 1 aromatic carbocycles. The number of benzene rings is 1. The van der Waals surface area contributed by atoms with Crippen molar-refractivity contribution >= 4 is 27.5 Å². The van der Waals surface area contributed by atoms with Gasteiger partial charge in [0.15, 0.2) is 0 Å². The molecule has 1 heterocycles. The topological polar surface area (TPSA) is 72.9 Å². The number of nitrogens with zero attached hydrogens (tertiary/aromatic N) is 2. The summed E-state index contributed by atoms with van der Waals surface area (Å²) in [5.74, 6) is -0.230. The lowest BCUT2D eigenvalue weighted by atomic mass is 10.2. The van der Waals surface area contributed by atoms with Crippen LogP contribution >= 0.6 is 15.9 Å². The van der Waals surface area contributed by atoms with Gasteiger partial charge in [0.1, 0.15) is 5.69 Å². The van der Waals surface area contributed by atoms with E-state index in [0.29, 0.717) is 18.8 Å². The highest BCUT2D eigenvalue weighted by molar-refractivity contribution is 9.10. The van der Waals surface area contributed by atoms with Gasteiger partial charge in [0.25, 0.3) is 5.91 Å². The van der Waals surface area contributed by atoms with Crippen LogP contribution in [0, 0.1) is 6.92 Å². The smallest absolute Gasteiger partial charge is 0.275 e. The Kier molecular flexibility index (Phi) is 4.34. The molecule has 0 unspecified atom stereocenters. The van der Waals surface area contributed by atoms with Crippen molar-refractivity contribution in [1.29, 1.82) is 0 Å². The molecule has 1 aromatic heterocycles. The van der Waals surface area contributed by atoms with Crippen LogP contribution in [0.1, 0.15) is 16.1 Å². The number of imidazole rings is 1. The molecule has 0 fully saturated rings. The standard InChI is InChI=1S/C13H15BrN4O/c1-9-2-3-10(6-11(9)14)17-13(19)12-7-18(5-4-15)8-16-12/h2-3,6-8H,4-5,15H2,1H3,(H,17,19). The van der Waals surface area contributed by atoms with Crippen LogP contribution in [0.5, 0.6) is 0 Å². The lowest BCUT2D eigenvalue weighted by Gasteiger charge is -2.05. The average Bonchev–Trinajstić information content (AvgIpc) is 2.83. The Morgan fingerprint density at radius 3 is 3.00 bits per heavy atom. The number of carbonyl (C=O) groups excluding carboxylic acids is 1. The fraction of sp³-hybridized carbons (Fsp3) is 0.231. The van der Waals surface area contributed by atoms with Crippen LogP contribution in [-0.4, -0.2) is 22.0 Å². The number of amides is 1. The molecule has 0 atom stereocenters. The van der Waals surface area contributed by atoms with Crippen molar-refractivity contribution in [3.63, 3.8) is 0 Å². The molecule has 0 aliphatic carbocycles. The number of carbonyl (C=O) groups is 1. The van der Waals surface area contributed by atoms with Gasteiger partial charge in [-0.1, -0.05) is 22.0 Å². The minimum absolute atomic E-state index is 0.230. The van der Waals surface area contributed by atoms with Crippen molar-refractivity contribution in [2.24, 2.45) is 5.73 Å². The number of aromatic nitrogens is 2. The van der Waals surface area contributed by atoms with Crippen LogP contribution < -0.4 is 11.1 Å². The number of anilines is 1. The average molecular weight is 323 g/mol. The van der Waals surface area contributed by atoms with E-state index in [1.165, 1.54) is 0 Å². The maximum Gasteiger partial charge on any atom is 0.275 e. The monoisotopic (exact) mass is 322 g/mol. The molecule has 0 aliphatic rings. The summed E-state index contributed by atoms with van der Waals surface area (Å²) in [6.07, 6.45) is 3.29. The molecule has 2 rings (SSSR count). The summed E-state index contributed by atoms with van der Waals surface area (Å²) in [6.45, 7) is 3.16. The van der Waals surface area contributed by atoms with E-state index >= 15 is 0 Å². The Morgan fingerprint density at radius 2 is 2.32 bits per heavy atom. The maximum atomic E-state index is 12.0. The number of halogens is 1. The van der Waals surface area contributed by atoms with Crippen LogP contribution in [0.2, 0.25) is 0 Å². The number of aryl methyl sites for hydroxylation is 1. The lowest BCUT2D eigenvalue weighted by molar-refractivity contribution is 0.102. The van der Waals surface area contributed by atoms with Crippen LogP contribution in [0.15, 0.2) is 35.2 Å². The van der Waals surface area contributed by atoms with Crippen molar-refractivity contribution in [3.05, 3.63) is 46.5 Å². The number of rotatable bonds is 4. The summed E-state index contributed by atoms with van der Waals surface area (Å²) in [5.41, 5.74) is 7.67. The van der Waals surface area contributed by atoms with Gasteiger partial charge in [0.05, 0.1) is 6.33 Å². The van der Waals surface area contributed by atoms with Gasteiger partial charge in [0, 0.05) is 29.4 Å². The molecule has 0 saturated carbocycles. The number of hydrogen-bond acceptors (Lipinski definition) is 3. The molecular formula is C13H15BrN4O. The fourth-order valence-corrected chi connectivity index (χ4v) is 1.99. The Morgan fingerprint density at radius 1 is 1.53 bits per heavy atom. The largest absolute Gasteiger partial charge is 0.335 e. The molecule has 100 valence electrons. The normalized spacial score (nSPS) is 10.5. The third-order valence-electron chi connectivity index (χ3n) is 2.68. The van der Waals surface area contributed by atoms with Crippen molar-refractivity contribution in [2.75, 3.05) is 11.9 Å². The Bertz CT molecular complexity index is 594. The molecule has 0 bridgehead atoms. The Hall–Kier alpha value is -1.66. The third kappa shape index (κ3) is 3.42. The molecule has 1 amide bonds. The minimum Gasteiger partial charge on any atom is -0.335 e. The minimum atomic E-state index is -0.230. The molecule has 0 aliphatic heterocycles. The zero-order chi connectivity index (χ0) is 13.8. The Balaban J connectivity index is 2.09. The quantitative estimate of drug-likeness (QED) is 0.906. The van der Waals surface area contributed by atoms with Gasteiger partial charge in [-0.3, -0.25) is 4.79 Å². The van der Waals surface area contributed by atoms with Gasteiger partial charge in [-0.15, -0.1) is 0 Å². The maximum absolute atomic E-state index is 12.0. The highest BCUT2D eigenvalue weighted by Gasteiger charge is 2.10. The van der Waals surface area contributed by atoms with Gasteiger partial charge >= 0.3 is 0 Å². The van der Waals surface area contributed by atoms with Crippen molar-refractivity contribution < 1.29 is 4.79 Å². The summed E-state index contributed by atoms with van der Waals surface area (Å²) in [6, 6.07) is 5.66. The molecule has 0 spiro atoms. The van der Waals surface area contributed by atoms with Gasteiger partial charge < -0.3 is 15.6 Å². The van der Waals surface area contributed by atoms with Gasteiger partial charge in [0.2, 0.25) is 0 Å².